The Morgan fingerprint density at radius 3 is 2.80 bits per heavy atom. The third kappa shape index (κ3) is 3.04. The molecule has 1 aromatic rings. The molecule has 0 aliphatic heterocycles. The summed E-state index contributed by atoms with van der Waals surface area (Å²) >= 11 is 1.70. The van der Waals surface area contributed by atoms with Crippen molar-refractivity contribution in [3.63, 3.8) is 0 Å². The smallest absolute Gasteiger partial charge is 0.239 e. The fourth-order valence-electron chi connectivity index (χ4n) is 1.31. The van der Waals surface area contributed by atoms with Crippen LogP contribution < -0.4 is 5.32 Å². The van der Waals surface area contributed by atoms with E-state index in [1.807, 2.05) is 14.0 Å². The van der Waals surface area contributed by atoms with Crippen LogP contribution in [-0.2, 0) is 11.3 Å². The monoisotopic (exact) mass is 226 g/mol. The van der Waals surface area contributed by atoms with Gasteiger partial charge >= 0.3 is 0 Å². The minimum Gasteiger partial charge on any atom is -0.339 e. The summed E-state index contributed by atoms with van der Waals surface area (Å²) in [5, 5.41) is 5.01. The van der Waals surface area contributed by atoms with E-state index in [1.165, 1.54) is 10.4 Å². The largest absolute Gasteiger partial charge is 0.339 e. The lowest BCUT2D eigenvalue weighted by Crippen LogP contribution is -2.41. The summed E-state index contributed by atoms with van der Waals surface area (Å²) in [4.78, 5) is 14.8. The molecule has 1 aromatic heterocycles. The van der Waals surface area contributed by atoms with Crippen LogP contribution >= 0.6 is 11.3 Å². The molecule has 0 saturated carbocycles. The van der Waals surface area contributed by atoms with Crippen molar-refractivity contribution >= 4 is 17.2 Å². The molecular weight excluding hydrogens is 208 g/mol. The molecule has 0 spiro atoms. The quantitative estimate of drug-likeness (QED) is 0.846. The highest BCUT2D eigenvalue weighted by molar-refractivity contribution is 7.10. The average molecular weight is 226 g/mol. The van der Waals surface area contributed by atoms with E-state index in [0.717, 1.165) is 0 Å². The molecule has 84 valence electrons. The Morgan fingerprint density at radius 2 is 2.33 bits per heavy atom. The first-order valence-corrected chi connectivity index (χ1v) is 5.89. The van der Waals surface area contributed by atoms with Gasteiger partial charge in [-0.25, -0.2) is 0 Å². The van der Waals surface area contributed by atoms with Gasteiger partial charge in [0.25, 0.3) is 0 Å². The SMILES string of the molecule is CNC(C)C(=O)N(C)Cc1sccc1C. The number of nitrogens with zero attached hydrogens (tertiary/aromatic N) is 1. The topological polar surface area (TPSA) is 32.3 Å². The molecule has 0 radical (unpaired) electrons. The lowest BCUT2D eigenvalue weighted by molar-refractivity contribution is -0.132. The summed E-state index contributed by atoms with van der Waals surface area (Å²) in [5.41, 5.74) is 1.26. The number of thiophene rings is 1. The number of likely N-dealkylation sites (N-methyl/N-ethyl adjacent to an activating group) is 2. The van der Waals surface area contributed by atoms with Gasteiger partial charge in [0.15, 0.2) is 0 Å². The van der Waals surface area contributed by atoms with E-state index in [9.17, 15) is 4.79 Å². The van der Waals surface area contributed by atoms with Gasteiger partial charge in [0, 0.05) is 11.9 Å². The normalized spacial score (nSPS) is 12.5. The van der Waals surface area contributed by atoms with Crippen molar-refractivity contribution in [2.75, 3.05) is 14.1 Å². The minimum absolute atomic E-state index is 0.115. The second kappa shape index (κ2) is 5.28. The van der Waals surface area contributed by atoms with E-state index in [2.05, 4.69) is 23.7 Å². The maximum atomic E-state index is 11.8. The highest BCUT2D eigenvalue weighted by atomic mass is 32.1. The zero-order valence-electron chi connectivity index (χ0n) is 9.70. The molecule has 0 saturated heterocycles. The Labute approximate surface area is 95.1 Å². The van der Waals surface area contributed by atoms with Gasteiger partial charge < -0.3 is 10.2 Å². The molecule has 1 heterocycles. The van der Waals surface area contributed by atoms with Gasteiger partial charge in [-0.05, 0) is 37.9 Å². The van der Waals surface area contributed by atoms with Crippen LogP contribution in [0.3, 0.4) is 0 Å². The lowest BCUT2D eigenvalue weighted by Gasteiger charge is -2.20. The first-order valence-electron chi connectivity index (χ1n) is 5.01. The van der Waals surface area contributed by atoms with Crippen molar-refractivity contribution in [3.8, 4) is 0 Å². The number of rotatable bonds is 4. The van der Waals surface area contributed by atoms with Crippen molar-refractivity contribution in [2.24, 2.45) is 0 Å². The number of carbonyl (C=O) groups excluding carboxylic acids is 1. The fraction of sp³-hybridized carbons (Fsp3) is 0.545. The second-order valence-corrected chi connectivity index (χ2v) is 4.73. The van der Waals surface area contributed by atoms with Gasteiger partial charge in [0.1, 0.15) is 0 Å². The number of hydrogen-bond donors (Lipinski definition) is 1. The molecule has 1 unspecified atom stereocenters. The highest BCUT2D eigenvalue weighted by Crippen LogP contribution is 2.17. The number of aryl methyl sites for hydroxylation is 1. The fourth-order valence-corrected chi connectivity index (χ4v) is 2.27. The molecule has 1 atom stereocenters. The number of hydrogen-bond acceptors (Lipinski definition) is 3. The van der Waals surface area contributed by atoms with Gasteiger partial charge in [-0.15, -0.1) is 11.3 Å². The van der Waals surface area contributed by atoms with E-state index in [1.54, 1.807) is 23.3 Å². The molecule has 0 aliphatic rings. The molecule has 4 heteroatoms. The van der Waals surface area contributed by atoms with Crippen molar-refractivity contribution in [1.82, 2.24) is 10.2 Å². The number of carbonyl (C=O) groups is 1. The Bertz CT molecular complexity index is 335. The molecule has 3 nitrogen and oxygen atoms in total. The molecule has 0 fully saturated rings. The van der Waals surface area contributed by atoms with Gasteiger partial charge in [-0.3, -0.25) is 4.79 Å². The Morgan fingerprint density at radius 1 is 1.67 bits per heavy atom. The van der Waals surface area contributed by atoms with E-state index >= 15 is 0 Å². The maximum Gasteiger partial charge on any atom is 0.239 e. The average Bonchev–Trinajstić information content (AvgIpc) is 2.62. The zero-order chi connectivity index (χ0) is 11.4. The molecule has 1 N–H and O–H groups in total. The predicted octanol–water partition coefficient (Wildman–Crippen LogP) is 1.62. The first-order chi connectivity index (χ1) is 7.06. The molecule has 0 aliphatic carbocycles. The Kier molecular flexibility index (Phi) is 4.29. The van der Waals surface area contributed by atoms with Crippen LogP contribution in [0.4, 0.5) is 0 Å². The van der Waals surface area contributed by atoms with E-state index in [4.69, 9.17) is 0 Å². The van der Waals surface area contributed by atoms with Gasteiger partial charge in [0.05, 0.1) is 12.6 Å². The summed E-state index contributed by atoms with van der Waals surface area (Å²) in [5.74, 6) is 0.130. The molecule has 1 rings (SSSR count). The van der Waals surface area contributed by atoms with Crippen LogP contribution in [0.25, 0.3) is 0 Å². The maximum absolute atomic E-state index is 11.8. The summed E-state index contributed by atoms with van der Waals surface area (Å²) < 4.78 is 0. The predicted molar refractivity (Wildman–Crippen MR) is 64.1 cm³/mol. The molecule has 0 aromatic carbocycles. The van der Waals surface area contributed by atoms with Crippen molar-refractivity contribution in [2.45, 2.75) is 26.4 Å². The van der Waals surface area contributed by atoms with Crippen LogP contribution in [0.2, 0.25) is 0 Å². The van der Waals surface area contributed by atoms with Gasteiger partial charge in [-0.2, -0.15) is 0 Å². The van der Waals surface area contributed by atoms with Crippen LogP contribution in [0.5, 0.6) is 0 Å². The van der Waals surface area contributed by atoms with Crippen LogP contribution in [-0.4, -0.2) is 30.9 Å². The van der Waals surface area contributed by atoms with Crippen LogP contribution in [0.1, 0.15) is 17.4 Å². The van der Waals surface area contributed by atoms with Crippen molar-refractivity contribution < 1.29 is 4.79 Å². The number of amides is 1. The molecular formula is C11H18N2OS. The minimum atomic E-state index is -0.115. The van der Waals surface area contributed by atoms with Crippen LogP contribution in [0.15, 0.2) is 11.4 Å². The zero-order valence-corrected chi connectivity index (χ0v) is 10.5. The molecule has 0 bridgehead atoms. The molecule has 15 heavy (non-hydrogen) atoms. The molecule has 1 amide bonds. The third-order valence-electron chi connectivity index (χ3n) is 2.53. The highest BCUT2D eigenvalue weighted by Gasteiger charge is 2.16. The van der Waals surface area contributed by atoms with E-state index in [-0.39, 0.29) is 11.9 Å². The Balaban J connectivity index is 2.60. The standard InChI is InChI=1S/C11H18N2OS/c1-8-5-6-15-10(8)7-13(4)11(14)9(2)12-3/h5-6,9,12H,7H2,1-4H3. The van der Waals surface area contributed by atoms with Crippen molar-refractivity contribution in [1.29, 1.82) is 0 Å². The summed E-state index contributed by atoms with van der Waals surface area (Å²) in [6.07, 6.45) is 0. The summed E-state index contributed by atoms with van der Waals surface area (Å²) in [7, 11) is 3.64. The summed E-state index contributed by atoms with van der Waals surface area (Å²) in [6.45, 7) is 4.65. The van der Waals surface area contributed by atoms with Crippen LogP contribution in [0, 0.1) is 6.92 Å². The van der Waals surface area contributed by atoms with Gasteiger partial charge in [-0.1, -0.05) is 0 Å². The van der Waals surface area contributed by atoms with E-state index in [0.29, 0.717) is 6.54 Å². The van der Waals surface area contributed by atoms with Crippen molar-refractivity contribution in [3.05, 3.63) is 21.9 Å². The second-order valence-electron chi connectivity index (χ2n) is 3.73. The summed E-state index contributed by atoms with van der Waals surface area (Å²) in [6, 6.07) is 1.97. The Hall–Kier alpha value is -0.870. The van der Waals surface area contributed by atoms with E-state index < -0.39 is 0 Å². The van der Waals surface area contributed by atoms with Gasteiger partial charge in [0.2, 0.25) is 5.91 Å². The lowest BCUT2D eigenvalue weighted by atomic mass is 10.2. The first kappa shape index (κ1) is 12.2. The number of nitrogens with one attached hydrogen (secondary N) is 1. The third-order valence-corrected chi connectivity index (χ3v) is 3.54.